The van der Waals surface area contributed by atoms with Crippen molar-refractivity contribution < 1.29 is 4.79 Å². The Hall–Kier alpha value is -1.73. The summed E-state index contributed by atoms with van der Waals surface area (Å²) in [5.74, 6) is -0.0561. The molecule has 118 valence electrons. The van der Waals surface area contributed by atoms with Crippen LogP contribution in [0.25, 0.3) is 0 Å². The van der Waals surface area contributed by atoms with Gasteiger partial charge in [-0.25, -0.2) is 4.68 Å². The standard InChI is InChI=1S/C15H21N5OS/c1-11(16)14-6-2-3-7-20(14)15(21)13-10-19(18-17-13)9-12-5-4-8-22-12/h4-5,8,10-11,14H,2-3,6-7,9,16H2,1H3/t11-,14+/m0/s1. The van der Waals surface area contributed by atoms with Crippen LogP contribution in [0.4, 0.5) is 0 Å². The fraction of sp³-hybridized carbons (Fsp3) is 0.533. The molecular formula is C15H21N5OS. The minimum Gasteiger partial charge on any atom is -0.333 e. The summed E-state index contributed by atoms with van der Waals surface area (Å²) in [6.07, 6.45) is 4.85. The van der Waals surface area contributed by atoms with Crippen molar-refractivity contribution in [3.05, 3.63) is 34.3 Å². The summed E-state index contributed by atoms with van der Waals surface area (Å²) < 4.78 is 1.71. The van der Waals surface area contributed by atoms with Crippen LogP contribution in [0.15, 0.2) is 23.7 Å². The van der Waals surface area contributed by atoms with Crippen molar-refractivity contribution in [2.24, 2.45) is 5.73 Å². The number of likely N-dealkylation sites (tertiary alicyclic amines) is 1. The SMILES string of the molecule is C[C@H](N)[C@H]1CCCCN1C(=O)c1cn(Cc2cccs2)nn1. The molecule has 0 aliphatic carbocycles. The lowest BCUT2D eigenvalue weighted by molar-refractivity contribution is 0.0577. The molecule has 6 nitrogen and oxygen atoms in total. The molecule has 2 aromatic heterocycles. The van der Waals surface area contributed by atoms with Crippen molar-refractivity contribution in [2.45, 2.75) is 44.8 Å². The van der Waals surface area contributed by atoms with E-state index in [-0.39, 0.29) is 18.0 Å². The summed E-state index contributed by atoms with van der Waals surface area (Å²) in [4.78, 5) is 15.7. The molecule has 0 radical (unpaired) electrons. The van der Waals surface area contributed by atoms with Crippen molar-refractivity contribution in [3.63, 3.8) is 0 Å². The number of piperidine rings is 1. The first-order valence-electron chi connectivity index (χ1n) is 7.64. The fourth-order valence-electron chi connectivity index (χ4n) is 2.94. The van der Waals surface area contributed by atoms with Crippen molar-refractivity contribution in [1.29, 1.82) is 0 Å². The first-order chi connectivity index (χ1) is 10.6. The maximum absolute atomic E-state index is 12.7. The molecule has 0 bridgehead atoms. The molecule has 2 atom stereocenters. The normalized spacial score (nSPS) is 20.1. The average molecular weight is 319 g/mol. The summed E-state index contributed by atoms with van der Waals surface area (Å²) >= 11 is 1.67. The van der Waals surface area contributed by atoms with Gasteiger partial charge in [0.15, 0.2) is 5.69 Å². The van der Waals surface area contributed by atoms with Crippen LogP contribution in [0.5, 0.6) is 0 Å². The molecule has 7 heteroatoms. The molecule has 0 aromatic carbocycles. The molecule has 1 aliphatic heterocycles. The molecule has 2 aromatic rings. The van der Waals surface area contributed by atoms with Gasteiger partial charge in [-0.15, -0.1) is 16.4 Å². The van der Waals surface area contributed by atoms with Crippen LogP contribution in [0.1, 0.15) is 41.6 Å². The van der Waals surface area contributed by atoms with Crippen LogP contribution in [-0.4, -0.2) is 44.4 Å². The maximum atomic E-state index is 12.7. The molecule has 3 rings (SSSR count). The van der Waals surface area contributed by atoms with E-state index >= 15 is 0 Å². The molecule has 2 N–H and O–H groups in total. The summed E-state index contributed by atoms with van der Waals surface area (Å²) in [6, 6.07) is 4.13. The lowest BCUT2D eigenvalue weighted by Crippen LogP contribution is -2.51. The van der Waals surface area contributed by atoms with Crippen molar-refractivity contribution >= 4 is 17.2 Å². The Labute approximate surface area is 133 Å². The second-order valence-electron chi connectivity index (χ2n) is 5.80. The van der Waals surface area contributed by atoms with E-state index in [4.69, 9.17) is 5.73 Å². The number of hydrogen-bond acceptors (Lipinski definition) is 5. The number of aromatic nitrogens is 3. The molecule has 0 unspecified atom stereocenters. The Morgan fingerprint density at radius 3 is 3.14 bits per heavy atom. The van der Waals surface area contributed by atoms with Gasteiger partial charge in [-0.05, 0) is 37.6 Å². The third kappa shape index (κ3) is 3.20. The Balaban J connectivity index is 1.73. The Morgan fingerprint density at radius 2 is 2.41 bits per heavy atom. The zero-order valence-electron chi connectivity index (χ0n) is 12.7. The minimum absolute atomic E-state index is 0.0228. The molecule has 3 heterocycles. The molecule has 1 amide bonds. The van der Waals surface area contributed by atoms with Gasteiger partial charge in [-0.1, -0.05) is 11.3 Å². The largest absolute Gasteiger partial charge is 0.333 e. The van der Waals surface area contributed by atoms with Crippen molar-refractivity contribution in [1.82, 2.24) is 19.9 Å². The van der Waals surface area contributed by atoms with Gasteiger partial charge in [0, 0.05) is 23.5 Å². The summed E-state index contributed by atoms with van der Waals surface area (Å²) in [7, 11) is 0. The highest BCUT2D eigenvalue weighted by Gasteiger charge is 2.31. The second kappa shape index (κ2) is 6.58. The quantitative estimate of drug-likeness (QED) is 0.931. The van der Waals surface area contributed by atoms with E-state index in [1.54, 1.807) is 22.2 Å². The molecule has 1 fully saturated rings. The van der Waals surface area contributed by atoms with E-state index in [1.165, 1.54) is 4.88 Å². The molecule has 0 spiro atoms. The first kappa shape index (κ1) is 15.2. The number of nitrogens with zero attached hydrogens (tertiary/aromatic N) is 4. The van der Waals surface area contributed by atoms with Gasteiger partial charge in [0.2, 0.25) is 0 Å². The number of thiophene rings is 1. The lowest BCUT2D eigenvalue weighted by Gasteiger charge is -2.37. The van der Waals surface area contributed by atoms with Gasteiger partial charge in [-0.2, -0.15) is 0 Å². The van der Waals surface area contributed by atoms with Gasteiger partial charge in [0.25, 0.3) is 5.91 Å². The zero-order chi connectivity index (χ0) is 15.5. The number of nitrogens with two attached hydrogens (primary N) is 1. The lowest BCUT2D eigenvalue weighted by atomic mass is 9.96. The van der Waals surface area contributed by atoms with E-state index < -0.39 is 0 Å². The number of amides is 1. The summed E-state index contributed by atoms with van der Waals surface area (Å²) in [5, 5.41) is 10.1. The fourth-order valence-corrected chi connectivity index (χ4v) is 3.64. The predicted octanol–water partition coefficient (Wildman–Crippen LogP) is 1.73. The topological polar surface area (TPSA) is 77.0 Å². The average Bonchev–Trinajstić information content (AvgIpc) is 3.19. The highest BCUT2D eigenvalue weighted by molar-refractivity contribution is 7.09. The van der Waals surface area contributed by atoms with Crippen molar-refractivity contribution in [3.8, 4) is 0 Å². The van der Waals surface area contributed by atoms with Gasteiger partial charge in [0.05, 0.1) is 12.7 Å². The Morgan fingerprint density at radius 1 is 1.55 bits per heavy atom. The van der Waals surface area contributed by atoms with Crippen LogP contribution < -0.4 is 5.73 Å². The smallest absolute Gasteiger partial charge is 0.276 e. The third-order valence-corrected chi connectivity index (χ3v) is 4.93. The molecule has 1 aliphatic rings. The maximum Gasteiger partial charge on any atom is 0.276 e. The van der Waals surface area contributed by atoms with Crippen LogP contribution in [0.3, 0.4) is 0 Å². The molecular weight excluding hydrogens is 298 g/mol. The Kier molecular flexibility index (Phi) is 4.54. The van der Waals surface area contributed by atoms with Crippen molar-refractivity contribution in [2.75, 3.05) is 6.54 Å². The second-order valence-corrected chi connectivity index (χ2v) is 6.83. The summed E-state index contributed by atoms with van der Waals surface area (Å²) in [6.45, 7) is 3.36. The number of carbonyl (C=O) groups excluding carboxylic acids is 1. The van der Waals surface area contributed by atoms with Crippen LogP contribution in [0, 0.1) is 0 Å². The minimum atomic E-state index is -0.0561. The van der Waals surface area contributed by atoms with E-state index in [1.807, 2.05) is 29.3 Å². The number of rotatable bonds is 4. The monoisotopic (exact) mass is 319 g/mol. The van der Waals surface area contributed by atoms with Crippen LogP contribution in [0.2, 0.25) is 0 Å². The number of hydrogen-bond donors (Lipinski definition) is 1. The van der Waals surface area contributed by atoms with Crippen LogP contribution >= 0.6 is 11.3 Å². The van der Waals surface area contributed by atoms with Gasteiger partial charge in [-0.3, -0.25) is 4.79 Å². The van der Waals surface area contributed by atoms with Gasteiger partial charge < -0.3 is 10.6 Å². The highest BCUT2D eigenvalue weighted by Crippen LogP contribution is 2.21. The zero-order valence-corrected chi connectivity index (χ0v) is 13.5. The van der Waals surface area contributed by atoms with E-state index in [9.17, 15) is 4.79 Å². The molecule has 1 saturated heterocycles. The highest BCUT2D eigenvalue weighted by atomic mass is 32.1. The van der Waals surface area contributed by atoms with Crippen LogP contribution in [-0.2, 0) is 6.54 Å². The van der Waals surface area contributed by atoms with Gasteiger partial charge in [0.1, 0.15) is 0 Å². The van der Waals surface area contributed by atoms with Gasteiger partial charge >= 0.3 is 0 Å². The first-order valence-corrected chi connectivity index (χ1v) is 8.52. The molecule has 0 saturated carbocycles. The third-order valence-electron chi connectivity index (χ3n) is 4.07. The van der Waals surface area contributed by atoms with E-state index in [0.29, 0.717) is 12.2 Å². The number of carbonyl (C=O) groups is 1. The van der Waals surface area contributed by atoms with E-state index in [2.05, 4.69) is 10.3 Å². The summed E-state index contributed by atoms with van der Waals surface area (Å²) in [5.41, 5.74) is 6.44. The Bertz CT molecular complexity index is 622. The van der Waals surface area contributed by atoms with E-state index in [0.717, 1.165) is 25.8 Å². The predicted molar refractivity (Wildman–Crippen MR) is 85.8 cm³/mol. The molecule has 22 heavy (non-hydrogen) atoms.